The van der Waals surface area contributed by atoms with E-state index in [4.69, 9.17) is 19.9 Å². The number of primary amides is 1. The lowest BCUT2D eigenvalue weighted by atomic mass is 10.1. The molecule has 0 aromatic heterocycles. The van der Waals surface area contributed by atoms with Gasteiger partial charge in [-0.1, -0.05) is 0 Å². The van der Waals surface area contributed by atoms with E-state index in [9.17, 15) is 14.4 Å². The van der Waals surface area contributed by atoms with Gasteiger partial charge in [-0.15, -0.1) is 0 Å². The van der Waals surface area contributed by atoms with Crippen LogP contribution in [0.5, 0.6) is 17.2 Å². The zero-order valence-electron chi connectivity index (χ0n) is 15.7. The van der Waals surface area contributed by atoms with E-state index in [1.165, 1.54) is 33.3 Å². The molecule has 0 heterocycles. The Morgan fingerprint density at radius 2 is 1.43 bits per heavy atom. The molecule has 0 atom stereocenters. The third-order valence-electron chi connectivity index (χ3n) is 3.54. The summed E-state index contributed by atoms with van der Waals surface area (Å²) in [7, 11) is 2.79. The van der Waals surface area contributed by atoms with Crippen LogP contribution in [0.25, 0.3) is 0 Å². The molecule has 0 radical (unpaired) electrons. The lowest BCUT2D eigenvalue weighted by Crippen LogP contribution is -2.20. The van der Waals surface area contributed by atoms with Crippen molar-refractivity contribution in [3.8, 4) is 17.2 Å². The third kappa shape index (κ3) is 5.37. The second-order valence-corrected chi connectivity index (χ2v) is 5.68. The summed E-state index contributed by atoms with van der Waals surface area (Å²) in [6.45, 7) is 1.05. The molecule has 2 rings (SSSR count). The fraction of sp³-hybridized carbons (Fsp3) is 0.211. The molecule has 0 aliphatic carbocycles. The molecule has 4 N–H and O–H groups in total. The number of hydrogen-bond acceptors (Lipinski definition) is 6. The van der Waals surface area contributed by atoms with Gasteiger partial charge < -0.3 is 30.6 Å². The number of anilines is 2. The molecule has 0 bridgehead atoms. The molecule has 0 spiro atoms. The Morgan fingerprint density at radius 3 is 1.86 bits per heavy atom. The summed E-state index contributed by atoms with van der Waals surface area (Å²) in [5.41, 5.74) is 6.50. The SMILES string of the molecule is COc1cc(C(=O)Nc2ccc(NC(C)=O)cc2)cc(OC)c1OCC(N)=O. The molecule has 0 saturated heterocycles. The standard InChI is InChI=1S/C19H21N3O6/c1-11(23)21-13-4-6-14(7-5-13)22-19(25)12-8-15(26-2)18(16(9-12)27-3)28-10-17(20)24/h4-9H,10H2,1-3H3,(H2,20,24)(H,21,23)(H,22,25). The maximum Gasteiger partial charge on any atom is 0.255 e. The average Bonchev–Trinajstić information content (AvgIpc) is 2.66. The second-order valence-electron chi connectivity index (χ2n) is 5.68. The molecular weight excluding hydrogens is 366 g/mol. The Kier molecular flexibility index (Phi) is 6.80. The van der Waals surface area contributed by atoms with E-state index in [1.807, 2.05) is 0 Å². The number of nitrogens with one attached hydrogen (secondary N) is 2. The van der Waals surface area contributed by atoms with Crippen LogP contribution in [0.4, 0.5) is 11.4 Å². The Morgan fingerprint density at radius 1 is 0.929 bits per heavy atom. The van der Waals surface area contributed by atoms with Gasteiger partial charge in [0.15, 0.2) is 18.1 Å². The van der Waals surface area contributed by atoms with Crippen molar-refractivity contribution in [2.24, 2.45) is 5.73 Å². The fourth-order valence-corrected chi connectivity index (χ4v) is 2.34. The average molecular weight is 387 g/mol. The van der Waals surface area contributed by atoms with Gasteiger partial charge >= 0.3 is 0 Å². The highest BCUT2D eigenvalue weighted by atomic mass is 16.5. The van der Waals surface area contributed by atoms with Gasteiger partial charge in [0, 0.05) is 23.9 Å². The summed E-state index contributed by atoms with van der Waals surface area (Å²) >= 11 is 0. The summed E-state index contributed by atoms with van der Waals surface area (Å²) in [6, 6.07) is 9.56. The topological polar surface area (TPSA) is 129 Å². The predicted molar refractivity (Wildman–Crippen MR) is 103 cm³/mol. The first-order valence-corrected chi connectivity index (χ1v) is 8.20. The lowest BCUT2D eigenvalue weighted by molar-refractivity contribution is -0.120. The van der Waals surface area contributed by atoms with Gasteiger partial charge in [-0.2, -0.15) is 0 Å². The molecular formula is C19H21N3O6. The van der Waals surface area contributed by atoms with Crippen LogP contribution in [-0.2, 0) is 9.59 Å². The first kappa shape index (κ1) is 20.6. The van der Waals surface area contributed by atoms with Crippen molar-refractivity contribution in [2.75, 3.05) is 31.5 Å². The highest BCUT2D eigenvalue weighted by Gasteiger charge is 2.18. The van der Waals surface area contributed by atoms with E-state index < -0.39 is 11.8 Å². The maximum atomic E-state index is 12.6. The van der Waals surface area contributed by atoms with Crippen LogP contribution in [0.2, 0.25) is 0 Å². The van der Waals surface area contributed by atoms with Crippen molar-refractivity contribution in [3.05, 3.63) is 42.0 Å². The molecule has 3 amide bonds. The molecule has 0 aliphatic rings. The number of hydrogen-bond donors (Lipinski definition) is 3. The zero-order valence-corrected chi connectivity index (χ0v) is 15.7. The van der Waals surface area contributed by atoms with Crippen LogP contribution in [0, 0.1) is 0 Å². The summed E-state index contributed by atoms with van der Waals surface area (Å²) in [6.07, 6.45) is 0. The monoisotopic (exact) mass is 387 g/mol. The Bertz CT molecular complexity index is 855. The first-order chi connectivity index (χ1) is 13.3. The van der Waals surface area contributed by atoms with E-state index in [0.717, 1.165) is 0 Å². The Labute approximate surface area is 161 Å². The van der Waals surface area contributed by atoms with Crippen molar-refractivity contribution in [2.45, 2.75) is 6.92 Å². The van der Waals surface area contributed by atoms with Crippen LogP contribution < -0.4 is 30.6 Å². The van der Waals surface area contributed by atoms with Crippen molar-refractivity contribution in [1.82, 2.24) is 0 Å². The molecule has 0 saturated carbocycles. The minimum Gasteiger partial charge on any atom is -0.493 e. The normalized spacial score (nSPS) is 9.96. The summed E-state index contributed by atoms with van der Waals surface area (Å²) in [4.78, 5) is 34.6. The summed E-state index contributed by atoms with van der Waals surface area (Å²) in [5.74, 6) is -0.660. The van der Waals surface area contributed by atoms with Crippen molar-refractivity contribution < 1.29 is 28.6 Å². The molecule has 0 fully saturated rings. The maximum absolute atomic E-state index is 12.6. The third-order valence-corrected chi connectivity index (χ3v) is 3.54. The van der Waals surface area contributed by atoms with Crippen LogP contribution in [0.15, 0.2) is 36.4 Å². The largest absolute Gasteiger partial charge is 0.493 e. The van der Waals surface area contributed by atoms with Gasteiger partial charge in [0.05, 0.1) is 14.2 Å². The highest BCUT2D eigenvalue weighted by Crippen LogP contribution is 2.38. The number of ether oxygens (including phenoxy) is 3. The van der Waals surface area contributed by atoms with Gasteiger partial charge in [-0.05, 0) is 36.4 Å². The fourth-order valence-electron chi connectivity index (χ4n) is 2.34. The van der Waals surface area contributed by atoms with Gasteiger partial charge in [0.25, 0.3) is 11.8 Å². The molecule has 9 nitrogen and oxygen atoms in total. The van der Waals surface area contributed by atoms with Crippen molar-refractivity contribution >= 4 is 29.1 Å². The van der Waals surface area contributed by atoms with E-state index in [2.05, 4.69) is 10.6 Å². The van der Waals surface area contributed by atoms with Crippen molar-refractivity contribution in [1.29, 1.82) is 0 Å². The minimum atomic E-state index is -0.659. The van der Waals surface area contributed by atoms with Gasteiger partial charge in [-0.25, -0.2) is 0 Å². The molecule has 0 unspecified atom stereocenters. The summed E-state index contributed by atoms with van der Waals surface area (Å²) in [5, 5.41) is 5.38. The number of benzene rings is 2. The molecule has 2 aromatic rings. The first-order valence-electron chi connectivity index (χ1n) is 8.20. The molecule has 9 heteroatoms. The van der Waals surface area contributed by atoms with Crippen LogP contribution >= 0.6 is 0 Å². The zero-order chi connectivity index (χ0) is 20.7. The number of carbonyl (C=O) groups is 3. The van der Waals surface area contributed by atoms with E-state index in [1.54, 1.807) is 24.3 Å². The number of methoxy groups -OCH3 is 2. The number of rotatable bonds is 8. The van der Waals surface area contributed by atoms with E-state index >= 15 is 0 Å². The smallest absolute Gasteiger partial charge is 0.255 e. The van der Waals surface area contributed by atoms with Gasteiger partial charge in [0.2, 0.25) is 11.7 Å². The second kappa shape index (κ2) is 9.26. The molecule has 2 aromatic carbocycles. The van der Waals surface area contributed by atoms with Crippen LogP contribution in [0.1, 0.15) is 17.3 Å². The van der Waals surface area contributed by atoms with Crippen LogP contribution in [-0.4, -0.2) is 38.5 Å². The van der Waals surface area contributed by atoms with Gasteiger partial charge in [-0.3, -0.25) is 14.4 Å². The van der Waals surface area contributed by atoms with Crippen LogP contribution in [0.3, 0.4) is 0 Å². The quantitative estimate of drug-likeness (QED) is 0.633. The number of carbonyl (C=O) groups excluding carboxylic acids is 3. The Balaban J connectivity index is 2.22. The van der Waals surface area contributed by atoms with Gasteiger partial charge in [0.1, 0.15) is 0 Å². The minimum absolute atomic E-state index is 0.167. The molecule has 0 aliphatic heterocycles. The highest BCUT2D eigenvalue weighted by molar-refractivity contribution is 6.05. The molecule has 28 heavy (non-hydrogen) atoms. The van der Waals surface area contributed by atoms with E-state index in [0.29, 0.717) is 11.4 Å². The number of nitrogens with two attached hydrogens (primary N) is 1. The Hall–Kier alpha value is -3.75. The van der Waals surface area contributed by atoms with E-state index in [-0.39, 0.29) is 35.3 Å². The number of amides is 3. The molecule has 148 valence electrons. The summed E-state index contributed by atoms with van der Waals surface area (Å²) < 4.78 is 15.8. The predicted octanol–water partition coefficient (Wildman–Crippen LogP) is 1.78. The van der Waals surface area contributed by atoms with Crippen molar-refractivity contribution in [3.63, 3.8) is 0 Å². The lowest BCUT2D eigenvalue weighted by Gasteiger charge is -2.15.